The molecule has 0 aliphatic rings. The van der Waals surface area contributed by atoms with Crippen molar-refractivity contribution in [3.63, 3.8) is 0 Å². The molecule has 42 valence electrons. The fourth-order valence-corrected chi connectivity index (χ4v) is 0.478. The second kappa shape index (κ2) is 2.09. The van der Waals surface area contributed by atoms with Gasteiger partial charge >= 0.3 is 5.76 Å². The average Bonchev–Trinajstić information content (AvgIpc) is 1.77. The molecule has 0 radical (unpaired) electrons. The van der Waals surface area contributed by atoms with Crippen LogP contribution in [-0.4, -0.2) is 4.98 Å². The van der Waals surface area contributed by atoms with Gasteiger partial charge in [-0.05, 0) is 15.9 Å². The molecule has 0 fully saturated rings. The van der Waals surface area contributed by atoms with Crippen molar-refractivity contribution in [3.05, 3.63) is 27.5 Å². The molecule has 1 aromatic heterocycles. The maximum atomic E-state index is 10.1. The standard InChI is InChI=1S/C4H2BrNO2/c5-3-1-6-4(7)8-2-3/h1-2H. The zero-order valence-electron chi connectivity index (χ0n) is 3.80. The van der Waals surface area contributed by atoms with Crippen LogP contribution in [0.25, 0.3) is 0 Å². The van der Waals surface area contributed by atoms with Crippen molar-refractivity contribution in [2.24, 2.45) is 0 Å². The number of hydrogen-bond acceptors (Lipinski definition) is 3. The quantitative estimate of drug-likeness (QED) is 0.586. The van der Waals surface area contributed by atoms with E-state index in [2.05, 4.69) is 25.3 Å². The Bertz CT molecular complexity index is 211. The first-order valence-corrected chi connectivity index (χ1v) is 2.69. The zero-order chi connectivity index (χ0) is 5.98. The van der Waals surface area contributed by atoms with Gasteiger partial charge in [0.25, 0.3) is 0 Å². The van der Waals surface area contributed by atoms with Gasteiger partial charge in [0, 0.05) is 0 Å². The summed E-state index contributed by atoms with van der Waals surface area (Å²) < 4.78 is 5.01. The lowest BCUT2D eigenvalue weighted by atomic mass is 10.7. The Morgan fingerprint density at radius 2 is 2.50 bits per heavy atom. The third kappa shape index (κ3) is 1.16. The minimum Gasteiger partial charge on any atom is -0.415 e. The summed E-state index contributed by atoms with van der Waals surface area (Å²) in [6.07, 6.45) is 2.67. The van der Waals surface area contributed by atoms with Crippen molar-refractivity contribution in [1.82, 2.24) is 4.98 Å². The minimum absolute atomic E-state index is 0.576. The predicted molar refractivity (Wildman–Crippen MR) is 30.5 cm³/mol. The topological polar surface area (TPSA) is 43.1 Å². The van der Waals surface area contributed by atoms with Gasteiger partial charge in [-0.15, -0.1) is 0 Å². The fourth-order valence-electron chi connectivity index (χ4n) is 0.282. The van der Waals surface area contributed by atoms with Gasteiger partial charge in [-0.25, -0.2) is 4.79 Å². The summed E-state index contributed by atoms with van der Waals surface area (Å²) in [5.41, 5.74) is 0. The lowest BCUT2D eigenvalue weighted by Crippen LogP contribution is -1.99. The van der Waals surface area contributed by atoms with E-state index in [1.807, 2.05) is 0 Å². The molecule has 0 bridgehead atoms. The van der Waals surface area contributed by atoms with Gasteiger partial charge in [0.05, 0.1) is 10.7 Å². The molecule has 0 atom stereocenters. The molecule has 0 N–H and O–H groups in total. The fraction of sp³-hybridized carbons (Fsp3) is 0. The van der Waals surface area contributed by atoms with Crippen molar-refractivity contribution in [3.8, 4) is 0 Å². The van der Waals surface area contributed by atoms with Gasteiger partial charge < -0.3 is 4.42 Å². The van der Waals surface area contributed by atoms with Crippen LogP contribution in [0.1, 0.15) is 0 Å². The number of nitrogens with zero attached hydrogens (tertiary/aromatic N) is 1. The molecular weight excluding hydrogens is 174 g/mol. The summed E-state index contributed by atoms with van der Waals surface area (Å²) in [7, 11) is 0. The Hall–Kier alpha value is -0.640. The highest BCUT2D eigenvalue weighted by Gasteiger charge is 1.84. The van der Waals surface area contributed by atoms with Gasteiger partial charge in [0.15, 0.2) is 0 Å². The normalized spacial score (nSPS) is 9.12. The van der Waals surface area contributed by atoms with Crippen molar-refractivity contribution in [2.75, 3.05) is 0 Å². The zero-order valence-corrected chi connectivity index (χ0v) is 5.38. The van der Waals surface area contributed by atoms with Crippen LogP contribution >= 0.6 is 15.9 Å². The van der Waals surface area contributed by atoms with Crippen LogP contribution < -0.4 is 5.76 Å². The Labute approximate surface area is 53.5 Å². The van der Waals surface area contributed by atoms with Crippen LogP contribution in [0.15, 0.2) is 26.1 Å². The van der Waals surface area contributed by atoms with Crippen LogP contribution in [-0.2, 0) is 0 Å². The van der Waals surface area contributed by atoms with Crippen LogP contribution in [0.2, 0.25) is 0 Å². The van der Waals surface area contributed by atoms with Crippen molar-refractivity contribution in [2.45, 2.75) is 0 Å². The number of hydrogen-bond donors (Lipinski definition) is 0. The maximum Gasteiger partial charge on any atom is 0.438 e. The lowest BCUT2D eigenvalue weighted by Gasteiger charge is -1.79. The molecule has 0 unspecified atom stereocenters. The molecule has 0 aromatic carbocycles. The molecule has 0 saturated heterocycles. The first-order chi connectivity index (χ1) is 3.79. The maximum absolute atomic E-state index is 10.1. The first-order valence-electron chi connectivity index (χ1n) is 1.89. The molecule has 1 rings (SSSR count). The van der Waals surface area contributed by atoms with Crippen LogP contribution in [0.3, 0.4) is 0 Å². The highest BCUT2D eigenvalue weighted by atomic mass is 79.9. The van der Waals surface area contributed by atoms with Gasteiger partial charge in [-0.3, -0.25) is 0 Å². The Balaban J connectivity index is 3.22. The second-order valence-electron chi connectivity index (χ2n) is 1.14. The number of rotatable bonds is 0. The summed E-state index contributed by atoms with van der Waals surface area (Å²) in [6, 6.07) is 0. The van der Waals surface area contributed by atoms with E-state index in [0.29, 0.717) is 4.47 Å². The highest BCUT2D eigenvalue weighted by molar-refractivity contribution is 9.10. The molecule has 1 heterocycles. The molecule has 8 heavy (non-hydrogen) atoms. The van der Waals surface area contributed by atoms with Crippen molar-refractivity contribution >= 4 is 15.9 Å². The van der Waals surface area contributed by atoms with E-state index < -0.39 is 5.76 Å². The summed E-state index contributed by atoms with van der Waals surface area (Å²) in [6.45, 7) is 0. The summed E-state index contributed by atoms with van der Waals surface area (Å²) in [5, 5.41) is 0. The molecule has 1 aromatic rings. The smallest absolute Gasteiger partial charge is 0.415 e. The number of aromatic nitrogens is 1. The molecule has 3 nitrogen and oxygen atoms in total. The molecular formula is C4H2BrNO2. The molecule has 0 aliphatic heterocycles. The van der Waals surface area contributed by atoms with Crippen molar-refractivity contribution < 1.29 is 4.42 Å². The SMILES string of the molecule is O=c1ncc(Br)co1. The summed E-state index contributed by atoms with van der Waals surface area (Å²) in [5.74, 6) is -0.576. The van der Waals surface area contributed by atoms with E-state index in [4.69, 9.17) is 0 Å². The predicted octanol–water partition coefficient (Wildman–Crippen LogP) is 0.797. The Morgan fingerprint density at radius 1 is 1.75 bits per heavy atom. The van der Waals surface area contributed by atoms with E-state index in [1.165, 1.54) is 12.5 Å². The second-order valence-corrected chi connectivity index (χ2v) is 2.06. The summed E-state index contributed by atoms with van der Waals surface area (Å²) >= 11 is 3.05. The van der Waals surface area contributed by atoms with E-state index in [9.17, 15) is 4.79 Å². The van der Waals surface area contributed by atoms with Gasteiger partial charge in [-0.1, -0.05) is 0 Å². The lowest BCUT2D eigenvalue weighted by molar-refractivity contribution is 0.480. The molecule has 0 saturated carbocycles. The molecule has 0 amide bonds. The van der Waals surface area contributed by atoms with E-state index in [0.717, 1.165) is 0 Å². The van der Waals surface area contributed by atoms with E-state index >= 15 is 0 Å². The Morgan fingerprint density at radius 3 is 2.88 bits per heavy atom. The van der Waals surface area contributed by atoms with Gasteiger partial charge in [-0.2, -0.15) is 4.98 Å². The summed E-state index contributed by atoms with van der Waals surface area (Å²) in [4.78, 5) is 13.4. The Kier molecular flexibility index (Phi) is 1.43. The number of halogens is 1. The third-order valence-electron chi connectivity index (χ3n) is 0.566. The third-order valence-corrected chi connectivity index (χ3v) is 0.957. The van der Waals surface area contributed by atoms with Crippen LogP contribution in [0, 0.1) is 0 Å². The first kappa shape index (κ1) is 5.50. The average molecular weight is 176 g/mol. The van der Waals surface area contributed by atoms with Crippen LogP contribution in [0.5, 0.6) is 0 Å². The van der Waals surface area contributed by atoms with Gasteiger partial charge in [0.2, 0.25) is 0 Å². The van der Waals surface area contributed by atoms with E-state index in [1.54, 1.807) is 0 Å². The minimum atomic E-state index is -0.576. The largest absolute Gasteiger partial charge is 0.438 e. The molecule has 4 heteroatoms. The van der Waals surface area contributed by atoms with Gasteiger partial charge in [0.1, 0.15) is 6.26 Å². The molecule has 0 aliphatic carbocycles. The monoisotopic (exact) mass is 175 g/mol. The van der Waals surface area contributed by atoms with E-state index in [-0.39, 0.29) is 0 Å². The molecule has 0 spiro atoms. The van der Waals surface area contributed by atoms with Crippen LogP contribution in [0.4, 0.5) is 0 Å². The van der Waals surface area contributed by atoms with Crippen molar-refractivity contribution in [1.29, 1.82) is 0 Å². The highest BCUT2D eigenvalue weighted by Crippen LogP contribution is 2.01.